The second-order valence-corrected chi connectivity index (χ2v) is 45.8. The summed E-state index contributed by atoms with van der Waals surface area (Å²) < 4.78 is 54.8. The Morgan fingerprint density at radius 3 is 1.19 bits per heavy atom. The lowest BCUT2D eigenvalue weighted by Gasteiger charge is -2.33. The molecule has 0 bridgehead atoms. The van der Waals surface area contributed by atoms with E-state index in [0.717, 1.165) is 58.9 Å². The topological polar surface area (TPSA) is 285 Å². The van der Waals surface area contributed by atoms with Gasteiger partial charge < -0.3 is 34.5 Å². The molecular formula is C87H142Br2N12O10S2. The van der Waals surface area contributed by atoms with E-state index in [4.69, 9.17) is 29.7 Å². The summed E-state index contributed by atoms with van der Waals surface area (Å²) in [6, 6.07) is 19.2. The van der Waals surface area contributed by atoms with E-state index in [2.05, 4.69) is 201 Å². The number of anilines is 3. The second kappa shape index (κ2) is 42.1. The van der Waals surface area contributed by atoms with E-state index in [-0.39, 0.29) is 60.5 Å². The molecule has 4 amide bonds. The zero-order chi connectivity index (χ0) is 87.3. The van der Waals surface area contributed by atoms with Crippen molar-refractivity contribution in [1.29, 1.82) is 0 Å². The highest BCUT2D eigenvalue weighted by Gasteiger charge is 2.44. The van der Waals surface area contributed by atoms with E-state index >= 15 is 0 Å². The number of nitrogen functional groups attached to an aromatic ring is 1. The Balaban J connectivity index is 0.000000483. The molecule has 26 heteroatoms. The predicted octanol–water partition coefficient (Wildman–Crippen LogP) is 22.6. The lowest BCUT2D eigenvalue weighted by Crippen LogP contribution is -2.45. The second-order valence-electron chi connectivity index (χ2n) is 40.2. The van der Waals surface area contributed by atoms with Gasteiger partial charge in [-0.25, -0.2) is 52.3 Å². The maximum Gasteiger partial charge on any atom is 0.413 e. The van der Waals surface area contributed by atoms with Crippen molar-refractivity contribution in [3.8, 4) is 0 Å². The number of likely N-dealkylation sites (tertiary alicyclic amines) is 2. The average molecular weight is 1740 g/mol. The number of aromatic nitrogens is 5. The van der Waals surface area contributed by atoms with Crippen molar-refractivity contribution in [2.45, 2.75) is 345 Å². The van der Waals surface area contributed by atoms with Crippen molar-refractivity contribution in [2.24, 2.45) is 16.2 Å². The zero-order valence-electron chi connectivity index (χ0n) is 74.9. The summed E-state index contributed by atoms with van der Waals surface area (Å²) in [4.78, 5) is 72.9. The Morgan fingerprint density at radius 1 is 0.496 bits per heavy atom. The van der Waals surface area contributed by atoms with Crippen LogP contribution in [0.3, 0.4) is 0 Å². The van der Waals surface area contributed by atoms with Crippen LogP contribution in [-0.2, 0) is 62.6 Å². The molecule has 2 saturated heterocycles. The van der Waals surface area contributed by atoms with E-state index in [1.165, 1.54) is 16.7 Å². The van der Waals surface area contributed by atoms with Crippen molar-refractivity contribution >= 4 is 102 Å². The number of ether oxygens (including phenoxy) is 4. The maximum absolute atomic E-state index is 13.0. The highest BCUT2D eigenvalue weighted by molar-refractivity contribution is 9.10. The summed E-state index contributed by atoms with van der Waals surface area (Å²) in [5.41, 5.74) is 9.16. The van der Waals surface area contributed by atoms with Crippen molar-refractivity contribution < 1.29 is 46.5 Å². The van der Waals surface area contributed by atoms with Crippen molar-refractivity contribution in [2.75, 3.05) is 29.5 Å². The summed E-state index contributed by atoms with van der Waals surface area (Å²) in [5, 5.41) is 5.14. The van der Waals surface area contributed by atoms with Crippen LogP contribution in [0.5, 0.6) is 0 Å². The number of nitrogens with zero attached hydrogens (tertiary/aromatic N) is 8. The van der Waals surface area contributed by atoms with Gasteiger partial charge in [0, 0.05) is 65.8 Å². The van der Waals surface area contributed by atoms with Gasteiger partial charge in [0.05, 0.1) is 32.2 Å². The number of nitrogens with one attached hydrogen (secondary N) is 3. The van der Waals surface area contributed by atoms with Gasteiger partial charge in [0.2, 0.25) is 0 Å². The first-order chi connectivity index (χ1) is 51.0. The van der Waals surface area contributed by atoms with Crippen LogP contribution >= 0.6 is 31.9 Å². The van der Waals surface area contributed by atoms with Crippen molar-refractivity contribution in [3.05, 3.63) is 129 Å². The molecular weight excluding hydrogens is 1600 g/mol. The fraction of sp³-hybridized carbons (Fsp3) is 0.655. The lowest BCUT2D eigenvalue weighted by atomic mass is 9.88. The minimum absolute atomic E-state index is 0.0310. The van der Waals surface area contributed by atoms with Crippen molar-refractivity contribution in [3.63, 3.8) is 0 Å². The number of rotatable bonds is 12. The van der Waals surface area contributed by atoms with Gasteiger partial charge in [-0.15, -0.1) is 0 Å². The maximum atomic E-state index is 13.0. The molecule has 2 fully saturated rings. The zero-order valence-corrected chi connectivity index (χ0v) is 79.7. The number of carbonyl (C=O) groups excluding carboxylic acids is 4. The quantitative estimate of drug-likeness (QED) is 0.0513. The van der Waals surface area contributed by atoms with Crippen LogP contribution in [0.15, 0.2) is 105 Å². The third-order valence-electron chi connectivity index (χ3n) is 17.1. The molecule has 113 heavy (non-hydrogen) atoms. The fourth-order valence-electron chi connectivity index (χ4n) is 10.9. The van der Waals surface area contributed by atoms with Crippen LogP contribution in [0.25, 0.3) is 0 Å². The van der Waals surface area contributed by atoms with E-state index in [0.29, 0.717) is 42.4 Å². The van der Waals surface area contributed by atoms with Gasteiger partial charge in [0.1, 0.15) is 55.4 Å². The summed E-state index contributed by atoms with van der Waals surface area (Å²) >= 11 is 6.56. The molecule has 22 nitrogen and oxygen atoms in total. The highest BCUT2D eigenvalue weighted by atomic mass is 79.9. The van der Waals surface area contributed by atoms with E-state index in [1.807, 2.05) is 177 Å². The van der Waals surface area contributed by atoms with Crippen molar-refractivity contribution in [1.82, 2.24) is 39.4 Å². The monoisotopic (exact) mass is 1740 g/mol. The Morgan fingerprint density at radius 2 is 0.867 bits per heavy atom. The van der Waals surface area contributed by atoms with Gasteiger partial charge in [0.15, 0.2) is 0 Å². The third-order valence-corrected chi connectivity index (χ3v) is 21.0. The number of nitrogens with two attached hydrogens (primary N) is 1. The SMILES string of the molecule is CC(C)(C)OC(=O)N1C[C@@H](CCC(NS(=O)C(C)(C)C)c2ccc(C(C)(C)C)cn2)CC1(C)C.CC(C)(C)OC(=O)N1C[C@@H](CCC=NS(=O)C(C)(C)C)CC1(C)C.CC(C)(C)OC(=O)Nc1ccc(Br)cn1.CC(C)(C)OC(=O)Nc1ccc(C(C)(C)C)cn1.CC(C)(C)c1ccc(Br)nc1.CC(C)(C)c1ccc(N)nc1. The molecule has 5 aromatic rings. The van der Waals surface area contributed by atoms with Crippen LogP contribution in [-0.4, -0.2) is 130 Å². The molecule has 5 aromatic heterocycles. The largest absolute Gasteiger partial charge is 0.444 e. The molecule has 0 spiro atoms. The van der Waals surface area contributed by atoms with Gasteiger partial charge in [0.25, 0.3) is 0 Å². The van der Waals surface area contributed by atoms with E-state index < -0.39 is 56.6 Å². The molecule has 7 heterocycles. The van der Waals surface area contributed by atoms with E-state index in [9.17, 15) is 27.6 Å². The smallest absolute Gasteiger partial charge is 0.413 e. The van der Waals surface area contributed by atoms with Crippen LogP contribution in [0.4, 0.5) is 36.6 Å². The van der Waals surface area contributed by atoms with Gasteiger partial charge >= 0.3 is 24.4 Å². The summed E-state index contributed by atoms with van der Waals surface area (Å²) in [7, 11) is -2.41. The van der Waals surface area contributed by atoms with Crippen LogP contribution < -0.4 is 21.1 Å². The number of amides is 4. The molecule has 5 atom stereocenters. The Hall–Kier alpha value is -6.48. The van der Waals surface area contributed by atoms with Gasteiger partial charge in [-0.05, 0) is 315 Å². The summed E-state index contributed by atoms with van der Waals surface area (Å²) in [6.45, 7) is 69.5. The van der Waals surface area contributed by atoms with Gasteiger partial charge in [-0.1, -0.05) is 107 Å². The molecule has 7 rings (SSSR count). The molecule has 3 unspecified atom stereocenters. The lowest BCUT2D eigenvalue weighted by molar-refractivity contribution is 0.0118. The first-order valence-electron chi connectivity index (χ1n) is 39.0. The number of hydrogen-bond donors (Lipinski definition) is 4. The number of hydrogen-bond acceptors (Lipinski definition) is 16. The molecule has 0 aliphatic carbocycles. The number of pyridine rings is 5. The molecule has 0 radical (unpaired) electrons. The summed E-state index contributed by atoms with van der Waals surface area (Å²) in [5.74, 6) is 2.31. The molecule has 0 saturated carbocycles. The Kier molecular flexibility index (Phi) is 38.2. The van der Waals surface area contributed by atoms with Crippen LogP contribution in [0.1, 0.15) is 308 Å². The molecule has 636 valence electrons. The average Bonchev–Trinajstić information content (AvgIpc) is 1.67. The standard InChI is InChI=1S/C27H47N3O3S.C18H34N2O3S.C14H22N2O2.C10H13BrN2O2.C9H12BrN.C9H14N2/c1-24(2,3)20-13-15-21(28-17-20)22(29-34(32)26(7,8)9)14-12-19-16-27(10,11)30(18-19)23(31)33-25(4,5)6;1-16(2,3)23-15(21)20-13-14(12-18(20,7)8)10-9-11-19-24(22)17(4,5)6;1-13(2,3)10-7-8-11(15-9-10)16-12(17)18-14(4,5)6;1-10(2,3)15-9(14)13-8-5-4-7(11)6-12-8;2*1-9(2,3)7-4-5-8(10)11-6-7/h13,15,17,19,22,29H,12,14,16,18H2,1-11H3;11,14H,9-10,12-13H2,1-8H3;7-9H,1-6H3,(H,15,16,17);4-6H,1-3H3,(H,12,13,14);4-6H,1-3H3;4-6H,1-3H3,(H2,10,11)/t19-,22?,34?;14-,24?;;;;/m00..../s1. The number of carbonyl (C=O) groups is 4. The predicted molar refractivity (Wildman–Crippen MR) is 474 cm³/mol. The van der Waals surface area contributed by atoms with Gasteiger partial charge in [-0.3, -0.25) is 15.6 Å². The molecule has 2 aliphatic heterocycles. The molecule has 5 N–H and O–H groups in total. The Bertz CT molecular complexity index is 3790. The molecule has 2 aliphatic rings. The van der Waals surface area contributed by atoms with Crippen LogP contribution in [0, 0.1) is 11.8 Å². The minimum Gasteiger partial charge on any atom is -0.444 e. The minimum atomic E-state index is -1.21. The fourth-order valence-corrected chi connectivity index (χ4v) is 12.8. The highest BCUT2D eigenvalue weighted by Crippen LogP contribution is 2.39. The number of halogens is 2. The normalized spacial score (nSPS) is 16.7. The molecule has 0 aromatic carbocycles. The Labute approximate surface area is 702 Å². The first-order valence-corrected chi connectivity index (χ1v) is 42.8. The van der Waals surface area contributed by atoms with E-state index in [1.54, 1.807) is 36.8 Å². The van der Waals surface area contributed by atoms with Crippen LogP contribution in [0.2, 0.25) is 0 Å². The summed E-state index contributed by atoms with van der Waals surface area (Å²) in [6.07, 6.45) is 14.6. The third kappa shape index (κ3) is 41.3. The first kappa shape index (κ1) is 103. The van der Waals surface area contributed by atoms with Gasteiger partial charge in [-0.2, -0.15) is 4.40 Å².